The van der Waals surface area contributed by atoms with E-state index in [2.05, 4.69) is 10.6 Å². The molecule has 2 aromatic rings. The molecule has 7 heteroatoms. The lowest BCUT2D eigenvalue weighted by atomic mass is 10.0. The van der Waals surface area contributed by atoms with Crippen LogP contribution in [0.15, 0.2) is 54.6 Å². The van der Waals surface area contributed by atoms with Crippen molar-refractivity contribution in [2.45, 2.75) is 31.8 Å². The lowest BCUT2D eigenvalue weighted by Crippen LogP contribution is -2.52. The number of rotatable bonds is 8. The van der Waals surface area contributed by atoms with Gasteiger partial charge in [0.25, 0.3) is 0 Å². The van der Waals surface area contributed by atoms with E-state index in [1.54, 1.807) is 24.3 Å². The molecule has 0 saturated heterocycles. The Kier molecular flexibility index (Phi) is 7.28. The molecule has 0 fully saturated rings. The molecule has 0 radical (unpaired) electrons. The maximum atomic E-state index is 12.7. The van der Waals surface area contributed by atoms with Crippen LogP contribution < -0.4 is 10.6 Å². The smallest absolute Gasteiger partial charge is 0.326 e. The largest absolute Gasteiger partial charge is 0.480 e. The summed E-state index contributed by atoms with van der Waals surface area (Å²) < 4.78 is 0. The van der Waals surface area contributed by atoms with Gasteiger partial charge in [-0.2, -0.15) is 5.26 Å². The lowest BCUT2D eigenvalue weighted by Gasteiger charge is -2.21. The zero-order valence-electron chi connectivity index (χ0n) is 15.4. The van der Waals surface area contributed by atoms with Gasteiger partial charge in [0, 0.05) is 19.8 Å². The number of nitriles is 1. The van der Waals surface area contributed by atoms with Crippen LogP contribution in [-0.4, -0.2) is 35.0 Å². The highest BCUT2D eigenvalue weighted by Crippen LogP contribution is 2.08. The number of carboxylic acid groups (broad SMARTS) is 1. The Labute approximate surface area is 163 Å². The Bertz CT molecular complexity index is 873. The van der Waals surface area contributed by atoms with Crippen molar-refractivity contribution in [2.75, 3.05) is 0 Å². The van der Waals surface area contributed by atoms with Gasteiger partial charge in [0.2, 0.25) is 11.8 Å². The third-order valence-corrected chi connectivity index (χ3v) is 4.11. The summed E-state index contributed by atoms with van der Waals surface area (Å²) >= 11 is 0. The first-order valence-electron chi connectivity index (χ1n) is 8.72. The maximum Gasteiger partial charge on any atom is 0.326 e. The van der Waals surface area contributed by atoms with Crippen molar-refractivity contribution >= 4 is 17.8 Å². The molecule has 0 bridgehead atoms. The first-order valence-corrected chi connectivity index (χ1v) is 8.72. The topological polar surface area (TPSA) is 119 Å². The van der Waals surface area contributed by atoms with Gasteiger partial charge in [-0.3, -0.25) is 9.59 Å². The number of amides is 2. The molecule has 0 unspecified atom stereocenters. The minimum absolute atomic E-state index is 0.0604. The number of aliphatic carboxylic acids is 1. The molecular weight excluding hydrogens is 358 g/mol. The second-order valence-electron chi connectivity index (χ2n) is 6.36. The van der Waals surface area contributed by atoms with Crippen molar-refractivity contribution in [3.8, 4) is 6.07 Å². The number of nitrogens with zero attached hydrogens (tertiary/aromatic N) is 1. The van der Waals surface area contributed by atoms with E-state index >= 15 is 0 Å². The predicted octanol–water partition coefficient (Wildman–Crippen LogP) is 1.42. The van der Waals surface area contributed by atoms with Gasteiger partial charge >= 0.3 is 5.97 Å². The fourth-order valence-electron chi connectivity index (χ4n) is 2.73. The zero-order chi connectivity index (χ0) is 20.5. The highest BCUT2D eigenvalue weighted by Gasteiger charge is 2.26. The van der Waals surface area contributed by atoms with Crippen LogP contribution in [0.5, 0.6) is 0 Å². The first-order chi connectivity index (χ1) is 13.4. The molecule has 144 valence electrons. The Hall–Kier alpha value is -3.66. The summed E-state index contributed by atoms with van der Waals surface area (Å²) in [5.74, 6) is -2.13. The normalized spacial score (nSPS) is 12.3. The molecule has 0 aliphatic rings. The van der Waals surface area contributed by atoms with Crippen LogP contribution >= 0.6 is 0 Å². The molecule has 7 nitrogen and oxygen atoms in total. The second-order valence-corrected chi connectivity index (χ2v) is 6.36. The number of hydrogen-bond donors (Lipinski definition) is 3. The van der Waals surface area contributed by atoms with Gasteiger partial charge in [0.15, 0.2) is 0 Å². The van der Waals surface area contributed by atoms with Gasteiger partial charge in [-0.1, -0.05) is 42.5 Å². The summed E-state index contributed by atoms with van der Waals surface area (Å²) in [5.41, 5.74) is 1.98. The molecule has 2 amide bonds. The molecule has 0 aromatic heterocycles. The molecule has 28 heavy (non-hydrogen) atoms. The number of carboxylic acids is 1. The minimum Gasteiger partial charge on any atom is -0.480 e. The van der Waals surface area contributed by atoms with Gasteiger partial charge in [0.1, 0.15) is 12.1 Å². The van der Waals surface area contributed by atoms with Crippen LogP contribution in [-0.2, 0) is 27.2 Å². The van der Waals surface area contributed by atoms with E-state index in [4.69, 9.17) is 5.26 Å². The molecule has 0 aliphatic carbocycles. The van der Waals surface area contributed by atoms with Crippen LogP contribution in [0.3, 0.4) is 0 Å². The lowest BCUT2D eigenvalue weighted by molar-refractivity contribution is -0.142. The van der Waals surface area contributed by atoms with E-state index in [1.165, 1.54) is 6.92 Å². The van der Waals surface area contributed by atoms with Crippen LogP contribution in [0.1, 0.15) is 23.6 Å². The quantitative estimate of drug-likeness (QED) is 0.641. The van der Waals surface area contributed by atoms with Crippen LogP contribution in [0.25, 0.3) is 0 Å². The van der Waals surface area contributed by atoms with Crippen molar-refractivity contribution < 1.29 is 19.5 Å². The highest BCUT2D eigenvalue weighted by atomic mass is 16.4. The van der Waals surface area contributed by atoms with E-state index in [0.717, 1.165) is 5.56 Å². The van der Waals surface area contributed by atoms with Crippen molar-refractivity contribution in [2.24, 2.45) is 0 Å². The summed E-state index contributed by atoms with van der Waals surface area (Å²) in [4.78, 5) is 35.8. The van der Waals surface area contributed by atoms with Gasteiger partial charge in [-0.15, -0.1) is 0 Å². The summed E-state index contributed by atoms with van der Waals surface area (Å²) in [6.45, 7) is 1.30. The maximum absolute atomic E-state index is 12.7. The summed E-state index contributed by atoms with van der Waals surface area (Å²) in [6.07, 6.45) is 0.306. The van der Waals surface area contributed by atoms with Gasteiger partial charge in [-0.05, 0) is 23.3 Å². The molecule has 2 aromatic carbocycles. The van der Waals surface area contributed by atoms with E-state index < -0.39 is 24.0 Å². The average molecular weight is 379 g/mol. The third kappa shape index (κ3) is 6.25. The number of nitrogens with one attached hydrogen (secondary N) is 2. The Morgan fingerprint density at radius 1 is 0.929 bits per heavy atom. The molecule has 0 spiro atoms. The molecule has 0 heterocycles. The fraction of sp³-hybridized carbons (Fsp3) is 0.238. The first kappa shape index (κ1) is 20.6. The van der Waals surface area contributed by atoms with Crippen molar-refractivity contribution in [1.29, 1.82) is 5.26 Å². The second kappa shape index (κ2) is 9.88. The number of hydrogen-bond acceptors (Lipinski definition) is 4. The molecule has 3 N–H and O–H groups in total. The predicted molar refractivity (Wildman–Crippen MR) is 102 cm³/mol. The summed E-state index contributed by atoms with van der Waals surface area (Å²) in [7, 11) is 0. The third-order valence-electron chi connectivity index (χ3n) is 4.11. The number of carbonyl (C=O) groups excluding carboxylic acids is 2. The Morgan fingerprint density at radius 2 is 1.50 bits per heavy atom. The molecule has 2 rings (SSSR count). The van der Waals surface area contributed by atoms with Crippen LogP contribution in [0.4, 0.5) is 0 Å². The fourth-order valence-corrected chi connectivity index (χ4v) is 2.73. The standard InChI is InChI=1S/C21H21N3O4/c1-14(25)23-18(11-15-5-3-2-4-6-15)20(26)24-19(21(27)28)12-16-7-9-17(13-22)10-8-16/h2-10,18-19H,11-12H2,1H3,(H,23,25)(H,24,26)(H,27,28)/t18-,19+/m0/s1. The average Bonchev–Trinajstić information content (AvgIpc) is 2.67. The Morgan fingerprint density at radius 3 is 2.04 bits per heavy atom. The van der Waals surface area contributed by atoms with E-state index in [-0.39, 0.29) is 18.7 Å². The van der Waals surface area contributed by atoms with Crippen molar-refractivity contribution in [3.05, 3.63) is 71.3 Å². The molecule has 0 aliphatic heterocycles. The van der Waals surface area contributed by atoms with Crippen molar-refractivity contribution in [1.82, 2.24) is 10.6 Å². The number of benzene rings is 2. The van der Waals surface area contributed by atoms with E-state index in [1.807, 2.05) is 36.4 Å². The molecule has 0 saturated carbocycles. The summed E-state index contributed by atoms with van der Waals surface area (Å²) in [5, 5.41) is 23.4. The monoisotopic (exact) mass is 379 g/mol. The highest BCUT2D eigenvalue weighted by molar-refractivity contribution is 5.90. The summed E-state index contributed by atoms with van der Waals surface area (Å²) in [6, 6.07) is 15.6. The molecule has 2 atom stereocenters. The van der Waals surface area contributed by atoms with Gasteiger partial charge < -0.3 is 15.7 Å². The SMILES string of the molecule is CC(=O)N[C@@H](Cc1ccccc1)C(=O)N[C@H](Cc1ccc(C#N)cc1)C(=O)O. The van der Waals surface area contributed by atoms with Gasteiger partial charge in [0.05, 0.1) is 11.6 Å². The Balaban J connectivity index is 2.11. The zero-order valence-corrected chi connectivity index (χ0v) is 15.4. The van der Waals surface area contributed by atoms with E-state index in [9.17, 15) is 19.5 Å². The van der Waals surface area contributed by atoms with Gasteiger partial charge in [-0.25, -0.2) is 4.79 Å². The van der Waals surface area contributed by atoms with E-state index in [0.29, 0.717) is 11.1 Å². The van der Waals surface area contributed by atoms with Crippen molar-refractivity contribution in [3.63, 3.8) is 0 Å². The van der Waals surface area contributed by atoms with Crippen LogP contribution in [0, 0.1) is 11.3 Å². The molecular formula is C21H21N3O4. The minimum atomic E-state index is -1.18. The van der Waals surface area contributed by atoms with Crippen LogP contribution in [0.2, 0.25) is 0 Å². The number of carbonyl (C=O) groups is 3.